The van der Waals surface area contributed by atoms with Crippen LogP contribution in [0.1, 0.15) is 24.8 Å². The third-order valence-electron chi connectivity index (χ3n) is 5.33. The fourth-order valence-electron chi connectivity index (χ4n) is 3.95. The molecule has 0 amide bonds. The summed E-state index contributed by atoms with van der Waals surface area (Å²) in [7, 11) is 0. The highest BCUT2D eigenvalue weighted by molar-refractivity contribution is 6.30. The Morgan fingerprint density at radius 3 is 3.11 bits per heavy atom. The van der Waals surface area contributed by atoms with Gasteiger partial charge in [0.25, 0.3) is 0 Å². The minimum Gasteiger partial charge on any atom is -0.378 e. The second-order valence-corrected chi connectivity index (χ2v) is 7.88. The molecule has 1 aliphatic rings. The molecule has 146 valence electrons. The lowest BCUT2D eigenvalue weighted by molar-refractivity contribution is -0.118. The minimum absolute atomic E-state index is 0.232. The van der Waals surface area contributed by atoms with Gasteiger partial charge in [-0.05, 0) is 55.5 Å². The topological polar surface area (TPSA) is 73.9 Å². The van der Waals surface area contributed by atoms with Gasteiger partial charge in [0.05, 0.1) is 11.9 Å². The van der Waals surface area contributed by atoms with Crippen molar-refractivity contribution < 1.29 is 4.79 Å². The number of benzene rings is 1. The van der Waals surface area contributed by atoms with E-state index in [1.807, 2.05) is 37.4 Å². The summed E-state index contributed by atoms with van der Waals surface area (Å²) in [6.45, 7) is 4.14. The number of aromatic nitrogens is 3. The highest BCUT2D eigenvalue weighted by Crippen LogP contribution is 2.28. The number of anilines is 2. The quantitative estimate of drug-likeness (QED) is 0.651. The molecule has 3 aromatic rings. The fraction of sp³-hybridized carbons (Fsp3) is 0.381. The van der Waals surface area contributed by atoms with Gasteiger partial charge in [0.2, 0.25) is 0 Å². The lowest BCUT2D eigenvalue weighted by atomic mass is 9.92. The number of H-pyrrole nitrogens is 1. The van der Waals surface area contributed by atoms with Gasteiger partial charge in [0.15, 0.2) is 5.78 Å². The van der Waals surface area contributed by atoms with Gasteiger partial charge < -0.3 is 15.2 Å². The summed E-state index contributed by atoms with van der Waals surface area (Å²) in [5.41, 5.74) is 2.85. The highest BCUT2D eigenvalue weighted by atomic mass is 35.5. The first kappa shape index (κ1) is 18.7. The molecule has 0 aliphatic carbocycles. The molecule has 1 aliphatic heterocycles. The first-order valence-corrected chi connectivity index (χ1v) is 10.0. The predicted molar refractivity (Wildman–Crippen MR) is 113 cm³/mol. The molecule has 0 spiro atoms. The molecule has 1 fully saturated rings. The number of nitrogens with zero attached hydrogens (tertiary/aromatic N) is 3. The Morgan fingerprint density at radius 1 is 1.36 bits per heavy atom. The van der Waals surface area contributed by atoms with Crippen molar-refractivity contribution >= 4 is 39.9 Å². The summed E-state index contributed by atoms with van der Waals surface area (Å²) in [6.07, 6.45) is 6.21. The van der Waals surface area contributed by atoms with E-state index in [0.717, 1.165) is 54.0 Å². The zero-order chi connectivity index (χ0) is 19.5. The molecular formula is C21H24ClN5O. The Balaban J connectivity index is 1.36. The van der Waals surface area contributed by atoms with Crippen molar-refractivity contribution in [3.8, 4) is 0 Å². The number of aryl methyl sites for hydroxylation is 1. The van der Waals surface area contributed by atoms with E-state index in [1.165, 1.54) is 0 Å². The number of carbonyl (C=O) groups is 1. The number of Topliss-reactive ketones (excluding diaryl/α,β-unsaturated/α-hetero) is 1. The first-order valence-electron chi connectivity index (χ1n) is 9.65. The molecule has 0 radical (unpaired) electrons. The molecule has 3 heterocycles. The van der Waals surface area contributed by atoms with Crippen molar-refractivity contribution in [3.05, 3.63) is 47.4 Å². The van der Waals surface area contributed by atoms with Crippen LogP contribution in [-0.4, -0.2) is 40.4 Å². The van der Waals surface area contributed by atoms with E-state index in [1.54, 1.807) is 6.33 Å². The Hall–Kier alpha value is -2.60. The number of piperidine rings is 1. The van der Waals surface area contributed by atoms with E-state index in [-0.39, 0.29) is 5.78 Å². The third kappa shape index (κ3) is 4.12. The molecule has 0 unspecified atom stereocenters. The minimum atomic E-state index is 0.232. The van der Waals surface area contributed by atoms with E-state index >= 15 is 0 Å². The van der Waals surface area contributed by atoms with Gasteiger partial charge in [-0.25, -0.2) is 9.97 Å². The first-order chi connectivity index (χ1) is 13.6. The van der Waals surface area contributed by atoms with Gasteiger partial charge in [-0.1, -0.05) is 11.6 Å². The van der Waals surface area contributed by atoms with Gasteiger partial charge in [-0.15, -0.1) is 0 Å². The van der Waals surface area contributed by atoms with Crippen molar-refractivity contribution in [2.24, 2.45) is 5.92 Å². The van der Waals surface area contributed by atoms with Crippen molar-refractivity contribution in [2.75, 3.05) is 29.9 Å². The van der Waals surface area contributed by atoms with Crippen molar-refractivity contribution in [2.45, 2.75) is 26.2 Å². The van der Waals surface area contributed by atoms with E-state index in [0.29, 0.717) is 23.9 Å². The van der Waals surface area contributed by atoms with Crippen LogP contribution in [-0.2, 0) is 4.79 Å². The van der Waals surface area contributed by atoms with Gasteiger partial charge in [-0.2, -0.15) is 0 Å². The second kappa shape index (κ2) is 8.19. The molecule has 7 heteroatoms. The average Bonchev–Trinajstić information content (AvgIpc) is 3.16. The van der Waals surface area contributed by atoms with Crippen LogP contribution in [0.5, 0.6) is 0 Å². The Labute approximate surface area is 169 Å². The third-order valence-corrected chi connectivity index (χ3v) is 5.57. The zero-order valence-electron chi connectivity index (χ0n) is 15.9. The zero-order valence-corrected chi connectivity index (χ0v) is 16.7. The van der Waals surface area contributed by atoms with Crippen LogP contribution < -0.4 is 10.2 Å². The summed E-state index contributed by atoms with van der Waals surface area (Å²) in [6, 6.07) is 7.67. The standard InChI is InChI=1S/C21H24ClN5O/c1-14-9-16(22)4-5-19(14)24-11-17(28)10-15-3-2-8-27(12-15)21-18-6-7-23-20(18)25-13-26-21/h4-7,9,13,15,24H,2-3,8,10-12H2,1H3,(H,23,25,26)/t15-/m0/s1. The molecule has 1 atom stereocenters. The molecule has 0 bridgehead atoms. The molecule has 2 N–H and O–H groups in total. The van der Waals surface area contributed by atoms with E-state index in [4.69, 9.17) is 11.6 Å². The van der Waals surface area contributed by atoms with Crippen LogP contribution in [0.2, 0.25) is 5.02 Å². The van der Waals surface area contributed by atoms with E-state index < -0.39 is 0 Å². The Morgan fingerprint density at radius 2 is 2.25 bits per heavy atom. The molecule has 0 saturated carbocycles. The molecule has 4 rings (SSSR count). The maximum Gasteiger partial charge on any atom is 0.152 e. The summed E-state index contributed by atoms with van der Waals surface area (Å²) in [4.78, 5) is 26.7. The molecule has 1 aromatic carbocycles. The van der Waals surface area contributed by atoms with Crippen molar-refractivity contribution in [1.29, 1.82) is 0 Å². The van der Waals surface area contributed by atoms with Crippen LogP contribution in [0.15, 0.2) is 36.8 Å². The number of rotatable bonds is 6. The summed E-state index contributed by atoms with van der Waals surface area (Å²) < 4.78 is 0. The number of ketones is 1. The molecule has 1 saturated heterocycles. The largest absolute Gasteiger partial charge is 0.378 e. The van der Waals surface area contributed by atoms with Gasteiger partial charge >= 0.3 is 0 Å². The normalized spacial score (nSPS) is 17.1. The maximum atomic E-state index is 12.5. The lowest BCUT2D eigenvalue weighted by Crippen LogP contribution is -2.37. The molecule has 28 heavy (non-hydrogen) atoms. The molecule has 6 nitrogen and oxygen atoms in total. The number of carbonyl (C=O) groups excluding carboxylic acids is 1. The number of halogens is 1. The number of hydrogen-bond acceptors (Lipinski definition) is 5. The number of fused-ring (bicyclic) bond motifs is 1. The maximum absolute atomic E-state index is 12.5. The monoisotopic (exact) mass is 397 g/mol. The summed E-state index contributed by atoms with van der Waals surface area (Å²) in [5, 5.41) is 4.99. The van der Waals surface area contributed by atoms with Crippen LogP contribution in [0.4, 0.5) is 11.5 Å². The second-order valence-electron chi connectivity index (χ2n) is 7.45. The Bertz CT molecular complexity index is 986. The number of aromatic amines is 1. The molecule has 2 aromatic heterocycles. The van der Waals surface area contributed by atoms with Crippen LogP contribution in [0, 0.1) is 12.8 Å². The van der Waals surface area contributed by atoms with Crippen LogP contribution in [0.3, 0.4) is 0 Å². The van der Waals surface area contributed by atoms with Crippen LogP contribution >= 0.6 is 11.6 Å². The average molecular weight is 398 g/mol. The highest BCUT2D eigenvalue weighted by Gasteiger charge is 2.24. The van der Waals surface area contributed by atoms with E-state index in [2.05, 4.69) is 25.2 Å². The van der Waals surface area contributed by atoms with Gasteiger partial charge in [0.1, 0.15) is 17.8 Å². The molecular weight excluding hydrogens is 374 g/mol. The summed E-state index contributed by atoms with van der Waals surface area (Å²) >= 11 is 5.99. The number of hydrogen-bond donors (Lipinski definition) is 2. The summed E-state index contributed by atoms with van der Waals surface area (Å²) in [5.74, 6) is 1.53. The predicted octanol–water partition coefficient (Wildman–Crippen LogP) is 4.21. The smallest absolute Gasteiger partial charge is 0.152 e. The van der Waals surface area contributed by atoms with Crippen LogP contribution in [0.25, 0.3) is 11.0 Å². The Kier molecular flexibility index (Phi) is 5.48. The fourth-order valence-corrected chi connectivity index (χ4v) is 4.17. The van der Waals surface area contributed by atoms with Crippen molar-refractivity contribution in [1.82, 2.24) is 15.0 Å². The number of nitrogens with one attached hydrogen (secondary N) is 2. The SMILES string of the molecule is Cc1cc(Cl)ccc1NCC(=O)C[C@@H]1CCCN(c2ncnc3[nH]ccc23)C1. The van der Waals surface area contributed by atoms with E-state index in [9.17, 15) is 4.79 Å². The van der Waals surface area contributed by atoms with Gasteiger partial charge in [-0.3, -0.25) is 4.79 Å². The lowest BCUT2D eigenvalue weighted by Gasteiger charge is -2.33. The van der Waals surface area contributed by atoms with Crippen molar-refractivity contribution in [3.63, 3.8) is 0 Å². The van der Waals surface area contributed by atoms with Gasteiger partial charge in [0, 0.05) is 36.4 Å².